The van der Waals surface area contributed by atoms with Gasteiger partial charge in [0.15, 0.2) is 0 Å². The van der Waals surface area contributed by atoms with Crippen molar-refractivity contribution in [3.63, 3.8) is 0 Å². The Morgan fingerprint density at radius 3 is 2.68 bits per heavy atom. The van der Waals surface area contributed by atoms with Crippen LogP contribution in [-0.2, 0) is 6.54 Å². The number of likely N-dealkylation sites (tertiary alicyclic amines) is 1. The molecule has 0 spiro atoms. The van der Waals surface area contributed by atoms with Gasteiger partial charge in [-0.25, -0.2) is 0 Å². The van der Waals surface area contributed by atoms with E-state index in [1.807, 2.05) is 38.4 Å². The third-order valence-electron chi connectivity index (χ3n) is 4.17. The smallest absolute Gasteiger partial charge is 0.251 e. The standard InChI is InChI=1S/C18H29N3O/c1-15-5-4-11-21(13-15)12-10-19-18(22)17-8-6-16(7-9-17)14-20(2)3/h6-9,15H,4-5,10-14H2,1-3H3,(H,19,22)/t15-/m1/s1. The molecule has 4 heteroatoms. The number of carbonyl (C=O) groups excluding carboxylic acids is 1. The predicted molar refractivity (Wildman–Crippen MR) is 91.0 cm³/mol. The van der Waals surface area contributed by atoms with E-state index in [0.717, 1.165) is 37.7 Å². The molecule has 1 aliphatic rings. The first-order valence-electron chi connectivity index (χ1n) is 8.29. The minimum atomic E-state index is 0.0291. The van der Waals surface area contributed by atoms with E-state index in [1.54, 1.807) is 0 Å². The summed E-state index contributed by atoms with van der Waals surface area (Å²) >= 11 is 0. The SMILES string of the molecule is C[C@@H]1CCCN(CCNC(=O)c2ccc(CN(C)C)cc2)C1. The molecule has 1 heterocycles. The van der Waals surface area contributed by atoms with Crippen LogP contribution in [0.25, 0.3) is 0 Å². The van der Waals surface area contributed by atoms with Gasteiger partial charge in [-0.1, -0.05) is 19.1 Å². The number of piperidine rings is 1. The molecule has 0 bridgehead atoms. The molecule has 4 nitrogen and oxygen atoms in total. The molecule has 122 valence electrons. The van der Waals surface area contributed by atoms with Crippen molar-refractivity contribution in [2.45, 2.75) is 26.3 Å². The zero-order valence-corrected chi connectivity index (χ0v) is 14.1. The van der Waals surface area contributed by atoms with E-state index in [-0.39, 0.29) is 5.91 Å². The Hall–Kier alpha value is -1.39. The van der Waals surface area contributed by atoms with Crippen LogP contribution in [0.3, 0.4) is 0 Å². The van der Waals surface area contributed by atoms with Gasteiger partial charge in [-0.05, 0) is 57.1 Å². The van der Waals surface area contributed by atoms with Crippen LogP contribution in [0.1, 0.15) is 35.7 Å². The lowest BCUT2D eigenvalue weighted by atomic mass is 10.0. The highest BCUT2D eigenvalue weighted by atomic mass is 16.1. The lowest BCUT2D eigenvalue weighted by Crippen LogP contribution is -2.40. The van der Waals surface area contributed by atoms with Crippen LogP contribution in [0, 0.1) is 5.92 Å². The molecule has 1 fully saturated rings. The normalized spacial score (nSPS) is 19.4. The molecule has 1 atom stereocenters. The highest BCUT2D eigenvalue weighted by Crippen LogP contribution is 2.14. The molecule has 1 aromatic rings. The van der Waals surface area contributed by atoms with E-state index in [0.29, 0.717) is 0 Å². The van der Waals surface area contributed by atoms with Gasteiger partial charge in [0, 0.05) is 31.7 Å². The summed E-state index contributed by atoms with van der Waals surface area (Å²) in [6.07, 6.45) is 2.62. The Morgan fingerprint density at radius 2 is 2.05 bits per heavy atom. The van der Waals surface area contributed by atoms with Crippen LogP contribution in [0.2, 0.25) is 0 Å². The van der Waals surface area contributed by atoms with Crippen molar-refractivity contribution in [2.24, 2.45) is 5.92 Å². The van der Waals surface area contributed by atoms with Crippen LogP contribution < -0.4 is 5.32 Å². The van der Waals surface area contributed by atoms with Gasteiger partial charge in [0.2, 0.25) is 0 Å². The zero-order valence-electron chi connectivity index (χ0n) is 14.1. The fourth-order valence-corrected chi connectivity index (χ4v) is 3.05. The number of carbonyl (C=O) groups is 1. The third kappa shape index (κ3) is 5.43. The van der Waals surface area contributed by atoms with Crippen molar-refractivity contribution >= 4 is 5.91 Å². The number of rotatable bonds is 6. The lowest BCUT2D eigenvalue weighted by molar-refractivity contribution is 0.0944. The van der Waals surface area contributed by atoms with Crippen molar-refractivity contribution in [2.75, 3.05) is 40.3 Å². The van der Waals surface area contributed by atoms with Crippen LogP contribution in [0.15, 0.2) is 24.3 Å². The molecular weight excluding hydrogens is 274 g/mol. The van der Waals surface area contributed by atoms with Crippen molar-refractivity contribution < 1.29 is 4.79 Å². The molecule has 0 aliphatic carbocycles. The number of benzene rings is 1. The Kier molecular flexibility index (Phi) is 6.40. The predicted octanol–water partition coefficient (Wildman–Crippen LogP) is 2.21. The number of amides is 1. The minimum absolute atomic E-state index is 0.0291. The van der Waals surface area contributed by atoms with Crippen molar-refractivity contribution in [1.82, 2.24) is 15.1 Å². The summed E-state index contributed by atoms with van der Waals surface area (Å²) < 4.78 is 0. The average molecular weight is 303 g/mol. The van der Waals surface area contributed by atoms with Gasteiger partial charge in [-0.2, -0.15) is 0 Å². The molecule has 2 rings (SSSR count). The minimum Gasteiger partial charge on any atom is -0.351 e. The number of hydrogen-bond acceptors (Lipinski definition) is 3. The van der Waals surface area contributed by atoms with Crippen LogP contribution >= 0.6 is 0 Å². The second-order valence-corrected chi connectivity index (χ2v) is 6.74. The van der Waals surface area contributed by atoms with E-state index in [9.17, 15) is 4.79 Å². The van der Waals surface area contributed by atoms with Crippen LogP contribution in [0.5, 0.6) is 0 Å². The van der Waals surface area contributed by atoms with Gasteiger partial charge in [-0.15, -0.1) is 0 Å². The second-order valence-electron chi connectivity index (χ2n) is 6.74. The first kappa shape index (κ1) is 17.0. The first-order valence-corrected chi connectivity index (χ1v) is 8.29. The number of nitrogens with zero attached hydrogens (tertiary/aromatic N) is 2. The summed E-state index contributed by atoms with van der Waals surface area (Å²) in [6, 6.07) is 7.89. The quantitative estimate of drug-likeness (QED) is 0.875. The van der Waals surface area contributed by atoms with E-state index in [4.69, 9.17) is 0 Å². The zero-order chi connectivity index (χ0) is 15.9. The van der Waals surface area contributed by atoms with Crippen molar-refractivity contribution in [3.8, 4) is 0 Å². The number of hydrogen-bond donors (Lipinski definition) is 1. The third-order valence-corrected chi connectivity index (χ3v) is 4.17. The van der Waals surface area contributed by atoms with E-state index >= 15 is 0 Å². The molecule has 0 aromatic heterocycles. The number of nitrogens with one attached hydrogen (secondary N) is 1. The molecule has 1 amide bonds. The van der Waals surface area contributed by atoms with Gasteiger partial charge in [-0.3, -0.25) is 4.79 Å². The maximum atomic E-state index is 12.1. The summed E-state index contributed by atoms with van der Waals surface area (Å²) in [5.74, 6) is 0.815. The van der Waals surface area contributed by atoms with Gasteiger partial charge < -0.3 is 15.1 Å². The van der Waals surface area contributed by atoms with Crippen LogP contribution in [-0.4, -0.2) is 56.0 Å². The molecular formula is C18H29N3O. The largest absolute Gasteiger partial charge is 0.351 e. The molecule has 0 unspecified atom stereocenters. The second kappa shape index (κ2) is 8.30. The summed E-state index contributed by atoms with van der Waals surface area (Å²) in [7, 11) is 4.09. The monoisotopic (exact) mass is 303 g/mol. The fraction of sp³-hybridized carbons (Fsp3) is 0.611. The van der Waals surface area contributed by atoms with E-state index in [1.165, 1.54) is 24.9 Å². The van der Waals surface area contributed by atoms with Gasteiger partial charge >= 0.3 is 0 Å². The van der Waals surface area contributed by atoms with E-state index < -0.39 is 0 Å². The highest BCUT2D eigenvalue weighted by molar-refractivity contribution is 5.94. The fourth-order valence-electron chi connectivity index (χ4n) is 3.05. The Labute approximate surface area is 134 Å². The lowest BCUT2D eigenvalue weighted by Gasteiger charge is -2.30. The summed E-state index contributed by atoms with van der Waals surface area (Å²) in [5, 5.41) is 3.03. The molecule has 1 aliphatic heterocycles. The first-order chi connectivity index (χ1) is 10.5. The summed E-state index contributed by atoms with van der Waals surface area (Å²) in [6.45, 7) is 7.21. The molecule has 0 saturated carbocycles. The maximum Gasteiger partial charge on any atom is 0.251 e. The summed E-state index contributed by atoms with van der Waals surface area (Å²) in [4.78, 5) is 16.7. The Balaban J connectivity index is 1.74. The maximum absolute atomic E-state index is 12.1. The molecule has 22 heavy (non-hydrogen) atoms. The topological polar surface area (TPSA) is 35.6 Å². The van der Waals surface area contributed by atoms with Crippen molar-refractivity contribution in [1.29, 1.82) is 0 Å². The Bertz CT molecular complexity index is 470. The van der Waals surface area contributed by atoms with Gasteiger partial charge in [0.05, 0.1) is 0 Å². The van der Waals surface area contributed by atoms with Gasteiger partial charge in [0.25, 0.3) is 5.91 Å². The highest BCUT2D eigenvalue weighted by Gasteiger charge is 2.15. The Morgan fingerprint density at radius 1 is 1.32 bits per heavy atom. The average Bonchev–Trinajstić information content (AvgIpc) is 2.47. The van der Waals surface area contributed by atoms with Crippen LogP contribution in [0.4, 0.5) is 0 Å². The van der Waals surface area contributed by atoms with E-state index in [2.05, 4.69) is 22.0 Å². The van der Waals surface area contributed by atoms with Gasteiger partial charge in [0.1, 0.15) is 0 Å². The molecule has 0 radical (unpaired) electrons. The summed E-state index contributed by atoms with van der Waals surface area (Å²) in [5.41, 5.74) is 1.97. The molecule has 1 N–H and O–H groups in total. The molecule has 1 aromatic carbocycles. The molecule has 1 saturated heterocycles. The van der Waals surface area contributed by atoms with Crippen molar-refractivity contribution in [3.05, 3.63) is 35.4 Å².